The Balaban J connectivity index is 3.12. The zero-order chi connectivity index (χ0) is 13.9. The maximum Gasteiger partial charge on any atom is 0.296 e. The first-order chi connectivity index (χ1) is 8.25. The van der Waals surface area contributed by atoms with Gasteiger partial charge in [-0.15, -0.1) is 0 Å². The van der Waals surface area contributed by atoms with E-state index in [1.54, 1.807) is 6.92 Å². The Labute approximate surface area is 124 Å². The molecule has 0 bridgehead atoms. The van der Waals surface area contributed by atoms with Gasteiger partial charge in [-0.1, -0.05) is 23.2 Å². The van der Waals surface area contributed by atoms with Gasteiger partial charge in [0.2, 0.25) is 4.38 Å². The first-order valence-electron chi connectivity index (χ1n) is 4.56. The highest BCUT2D eigenvalue weighted by Crippen LogP contribution is 2.35. The second-order valence-corrected chi connectivity index (χ2v) is 6.82. The SMILES string of the molecule is CCOC(=S)Sc1cc(Cl)c(S(=O)(=O)O)cc1Cl. The zero-order valence-corrected chi connectivity index (χ0v) is 13.0. The Morgan fingerprint density at radius 1 is 1.44 bits per heavy atom. The molecule has 4 nitrogen and oxygen atoms in total. The minimum Gasteiger partial charge on any atom is -0.479 e. The van der Waals surface area contributed by atoms with Gasteiger partial charge in [-0.05, 0) is 43.0 Å². The van der Waals surface area contributed by atoms with Crippen molar-refractivity contribution in [3.05, 3.63) is 22.2 Å². The minimum absolute atomic E-state index is 0.110. The molecule has 0 aliphatic carbocycles. The van der Waals surface area contributed by atoms with Crippen LogP contribution in [0, 0.1) is 0 Å². The van der Waals surface area contributed by atoms with Gasteiger partial charge in [0, 0.05) is 4.90 Å². The van der Waals surface area contributed by atoms with Gasteiger partial charge in [-0.2, -0.15) is 8.42 Å². The maximum atomic E-state index is 11.0. The van der Waals surface area contributed by atoms with E-state index in [1.807, 2.05) is 0 Å². The second kappa shape index (κ2) is 6.40. The maximum absolute atomic E-state index is 11.0. The highest BCUT2D eigenvalue weighted by molar-refractivity contribution is 8.22. The van der Waals surface area contributed by atoms with Crippen LogP contribution in [0.2, 0.25) is 10.0 Å². The number of ether oxygens (including phenoxy) is 1. The van der Waals surface area contributed by atoms with E-state index in [2.05, 4.69) is 0 Å². The summed E-state index contributed by atoms with van der Waals surface area (Å²) in [6.07, 6.45) is 0. The Bertz CT molecular complexity index is 571. The lowest BCUT2D eigenvalue weighted by atomic mass is 10.3. The van der Waals surface area contributed by atoms with Gasteiger partial charge in [0.05, 0.1) is 16.7 Å². The molecule has 1 aromatic rings. The van der Waals surface area contributed by atoms with Crippen molar-refractivity contribution in [3.8, 4) is 0 Å². The normalized spacial score (nSPS) is 11.3. The lowest BCUT2D eigenvalue weighted by Gasteiger charge is -2.08. The highest BCUT2D eigenvalue weighted by atomic mass is 35.5. The van der Waals surface area contributed by atoms with Crippen molar-refractivity contribution in [2.75, 3.05) is 6.61 Å². The molecule has 0 saturated heterocycles. The van der Waals surface area contributed by atoms with E-state index in [9.17, 15) is 8.42 Å². The molecule has 1 rings (SSSR count). The summed E-state index contributed by atoms with van der Waals surface area (Å²) in [7, 11) is -4.40. The van der Waals surface area contributed by atoms with Crippen molar-refractivity contribution < 1.29 is 17.7 Å². The molecule has 0 spiro atoms. The average Bonchev–Trinajstić information content (AvgIpc) is 2.21. The summed E-state index contributed by atoms with van der Waals surface area (Å²) in [4.78, 5) is 0.00774. The lowest BCUT2D eigenvalue weighted by Crippen LogP contribution is -2.00. The van der Waals surface area contributed by atoms with E-state index in [0.717, 1.165) is 17.8 Å². The molecule has 0 radical (unpaired) electrons. The van der Waals surface area contributed by atoms with Gasteiger partial charge in [-0.3, -0.25) is 4.55 Å². The molecule has 0 heterocycles. The molecular weight excluding hydrogens is 339 g/mol. The summed E-state index contributed by atoms with van der Waals surface area (Å²) < 4.78 is 36.2. The van der Waals surface area contributed by atoms with Crippen LogP contribution in [-0.2, 0) is 14.9 Å². The molecule has 1 aromatic carbocycles. The van der Waals surface area contributed by atoms with Crippen LogP contribution in [0.15, 0.2) is 21.9 Å². The van der Waals surface area contributed by atoms with E-state index < -0.39 is 15.0 Å². The number of hydrogen-bond donors (Lipinski definition) is 1. The van der Waals surface area contributed by atoms with Gasteiger partial charge in [-0.25, -0.2) is 0 Å². The molecule has 0 aromatic heterocycles. The van der Waals surface area contributed by atoms with Gasteiger partial charge < -0.3 is 4.74 Å². The number of rotatable bonds is 3. The molecule has 0 aliphatic heterocycles. The van der Waals surface area contributed by atoms with Gasteiger partial charge >= 0.3 is 0 Å². The fourth-order valence-corrected chi connectivity index (χ4v) is 3.54. The van der Waals surface area contributed by atoms with Crippen molar-refractivity contribution in [3.63, 3.8) is 0 Å². The molecule has 0 amide bonds. The van der Waals surface area contributed by atoms with Crippen LogP contribution in [-0.4, -0.2) is 24.0 Å². The van der Waals surface area contributed by atoms with Crippen molar-refractivity contribution in [1.29, 1.82) is 0 Å². The zero-order valence-electron chi connectivity index (χ0n) is 9.01. The Hall–Kier alpha value is -0.0500. The van der Waals surface area contributed by atoms with Crippen LogP contribution in [0.5, 0.6) is 0 Å². The van der Waals surface area contributed by atoms with Crippen LogP contribution in [0.4, 0.5) is 0 Å². The predicted octanol–water partition coefficient (Wildman–Crippen LogP) is 3.65. The third-order valence-corrected chi connectivity index (χ3v) is 4.67. The van der Waals surface area contributed by atoms with Crippen molar-refractivity contribution in [2.24, 2.45) is 0 Å². The van der Waals surface area contributed by atoms with E-state index in [-0.39, 0.29) is 14.4 Å². The van der Waals surface area contributed by atoms with Crippen LogP contribution < -0.4 is 0 Å². The van der Waals surface area contributed by atoms with E-state index in [0.29, 0.717) is 11.5 Å². The van der Waals surface area contributed by atoms with Crippen molar-refractivity contribution >= 4 is 61.7 Å². The Morgan fingerprint density at radius 2 is 2.06 bits per heavy atom. The monoisotopic (exact) mass is 346 g/mol. The minimum atomic E-state index is -4.40. The summed E-state index contributed by atoms with van der Waals surface area (Å²) in [5, 5.41) is -0.0252. The van der Waals surface area contributed by atoms with Crippen LogP contribution >= 0.6 is 47.2 Å². The van der Waals surface area contributed by atoms with Crippen LogP contribution in [0.25, 0.3) is 0 Å². The Kier molecular flexibility index (Phi) is 5.69. The van der Waals surface area contributed by atoms with E-state index >= 15 is 0 Å². The summed E-state index contributed by atoms with van der Waals surface area (Å²) in [5.74, 6) is 0. The van der Waals surface area contributed by atoms with Crippen LogP contribution in [0.1, 0.15) is 6.92 Å². The highest BCUT2D eigenvalue weighted by Gasteiger charge is 2.18. The number of thiocarbonyl (C=S) groups is 1. The second-order valence-electron chi connectivity index (χ2n) is 2.97. The number of benzene rings is 1. The van der Waals surface area contributed by atoms with Gasteiger partial charge in [0.1, 0.15) is 4.90 Å². The summed E-state index contributed by atoms with van der Waals surface area (Å²) in [6, 6.07) is 2.37. The average molecular weight is 347 g/mol. The first kappa shape index (κ1) is 16.0. The Morgan fingerprint density at radius 3 is 2.56 bits per heavy atom. The standard InChI is InChI=1S/C9H8Cl2O4S3/c1-2-15-9(16)17-7-3-6(11)8(4-5(7)10)18(12,13)14/h3-4H,2H2,1H3,(H,12,13,14). The first-order valence-corrected chi connectivity index (χ1v) is 7.99. The smallest absolute Gasteiger partial charge is 0.296 e. The predicted molar refractivity (Wildman–Crippen MR) is 76.4 cm³/mol. The van der Waals surface area contributed by atoms with Crippen molar-refractivity contribution in [1.82, 2.24) is 0 Å². The quantitative estimate of drug-likeness (QED) is 0.512. The molecule has 0 saturated carbocycles. The van der Waals surface area contributed by atoms with E-state index in [1.165, 1.54) is 6.07 Å². The number of halogens is 2. The summed E-state index contributed by atoms with van der Waals surface area (Å²) >= 11 is 17.6. The summed E-state index contributed by atoms with van der Waals surface area (Å²) in [5.41, 5.74) is 0. The van der Waals surface area contributed by atoms with E-state index in [4.69, 9.17) is 44.7 Å². The molecule has 9 heteroatoms. The molecule has 0 aliphatic rings. The molecule has 18 heavy (non-hydrogen) atoms. The largest absolute Gasteiger partial charge is 0.479 e. The van der Waals surface area contributed by atoms with Crippen molar-refractivity contribution in [2.45, 2.75) is 16.7 Å². The third kappa shape index (κ3) is 4.25. The molecule has 0 fully saturated rings. The fourth-order valence-electron chi connectivity index (χ4n) is 1.02. The topological polar surface area (TPSA) is 63.6 Å². The van der Waals surface area contributed by atoms with Gasteiger partial charge in [0.15, 0.2) is 0 Å². The third-order valence-electron chi connectivity index (χ3n) is 1.72. The van der Waals surface area contributed by atoms with Gasteiger partial charge in [0.25, 0.3) is 10.1 Å². The lowest BCUT2D eigenvalue weighted by molar-refractivity contribution is 0.346. The molecule has 0 atom stereocenters. The molecular formula is C9H8Cl2O4S3. The number of hydrogen-bond acceptors (Lipinski definition) is 5. The molecule has 0 unspecified atom stereocenters. The number of thioether (sulfide) groups is 1. The van der Waals surface area contributed by atoms with Crippen LogP contribution in [0.3, 0.4) is 0 Å². The summed E-state index contributed by atoms with van der Waals surface area (Å²) in [6.45, 7) is 2.20. The fraction of sp³-hybridized carbons (Fsp3) is 0.222. The molecule has 1 N–H and O–H groups in total. The molecule has 100 valence electrons.